The van der Waals surface area contributed by atoms with E-state index in [2.05, 4.69) is 10.3 Å². The number of aromatic nitrogens is 3. The van der Waals surface area contributed by atoms with Gasteiger partial charge in [0.1, 0.15) is 0 Å². The van der Waals surface area contributed by atoms with Crippen molar-refractivity contribution in [2.75, 3.05) is 13.7 Å². The molecule has 0 aliphatic rings. The summed E-state index contributed by atoms with van der Waals surface area (Å²) in [5.41, 5.74) is 1.58. The Balaban J connectivity index is 2.29. The molecule has 0 N–H and O–H groups in total. The lowest BCUT2D eigenvalue weighted by molar-refractivity contribution is 0.201. The van der Waals surface area contributed by atoms with E-state index in [0.717, 1.165) is 9.65 Å². The van der Waals surface area contributed by atoms with Crippen LogP contribution in [0.5, 0.6) is 0 Å². The van der Waals surface area contributed by atoms with Gasteiger partial charge in [-0.3, -0.25) is 0 Å². The normalized spacial score (nSPS) is 11.7. The highest BCUT2D eigenvalue weighted by atomic mass is 32.2. The van der Waals surface area contributed by atoms with E-state index in [1.807, 2.05) is 6.92 Å². The lowest BCUT2D eigenvalue weighted by atomic mass is 10.2. The molecular formula is C12H15N3O3S. The Bertz CT molecular complexity index is 647. The van der Waals surface area contributed by atoms with Crippen LogP contribution in [-0.4, -0.2) is 36.5 Å². The molecule has 0 fully saturated rings. The molecule has 1 heterocycles. The van der Waals surface area contributed by atoms with E-state index >= 15 is 0 Å². The molecule has 0 aliphatic carbocycles. The van der Waals surface area contributed by atoms with Crippen molar-refractivity contribution < 1.29 is 13.2 Å². The number of benzene rings is 1. The zero-order chi connectivity index (χ0) is 13.9. The fraction of sp³-hybridized carbons (Fsp3) is 0.333. The number of ether oxygens (including phenoxy) is 1. The van der Waals surface area contributed by atoms with E-state index in [9.17, 15) is 8.42 Å². The van der Waals surface area contributed by atoms with Crippen LogP contribution >= 0.6 is 0 Å². The van der Waals surface area contributed by atoms with Gasteiger partial charge in [0.05, 0.1) is 23.4 Å². The Morgan fingerprint density at radius 2 is 1.95 bits per heavy atom. The van der Waals surface area contributed by atoms with Gasteiger partial charge in [0.15, 0.2) is 0 Å². The molecule has 0 spiro atoms. The van der Waals surface area contributed by atoms with Crippen LogP contribution in [0.1, 0.15) is 11.3 Å². The van der Waals surface area contributed by atoms with Crippen molar-refractivity contribution in [2.24, 2.45) is 0 Å². The first kappa shape index (κ1) is 13.7. The lowest BCUT2D eigenvalue weighted by Gasteiger charge is -2.03. The summed E-state index contributed by atoms with van der Waals surface area (Å²) in [6, 6.07) is 6.60. The van der Waals surface area contributed by atoms with E-state index < -0.39 is 10.0 Å². The van der Waals surface area contributed by atoms with Crippen molar-refractivity contribution in [3.8, 4) is 0 Å². The maximum Gasteiger partial charge on any atom is 0.284 e. The minimum Gasteiger partial charge on any atom is -0.384 e. The molecule has 1 aromatic heterocycles. The standard InChI is InChI=1S/C12H15N3O3S/c1-10-3-5-12(6-4-10)19(16,17)15-9-11(13-14-15)7-8-18-2/h3-6,9H,7-8H2,1-2H3. The number of aryl methyl sites for hydroxylation is 1. The van der Waals surface area contributed by atoms with Gasteiger partial charge in [0.2, 0.25) is 0 Å². The van der Waals surface area contributed by atoms with Crippen LogP contribution in [0.4, 0.5) is 0 Å². The van der Waals surface area contributed by atoms with Crippen LogP contribution in [0.2, 0.25) is 0 Å². The third-order valence-electron chi connectivity index (χ3n) is 2.65. The summed E-state index contributed by atoms with van der Waals surface area (Å²) >= 11 is 0. The minimum absolute atomic E-state index is 0.196. The van der Waals surface area contributed by atoms with Crippen molar-refractivity contribution in [3.05, 3.63) is 41.7 Å². The third kappa shape index (κ3) is 2.99. The van der Waals surface area contributed by atoms with Gasteiger partial charge in [0, 0.05) is 13.5 Å². The van der Waals surface area contributed by atoms with Gasteiger partial charge in [0.25, 0.3) is 10.0 Å². The Hall–Kier alpha value is -1.73. The third-order valence-corrected chi connectivity index (χ3v) is 4.19. The molecule has 0 amide bonds. The van der Waals surface area contributed by atoms with Gasteiger partial charge in [-0.1, -0.05) is 22.9 Å². The van der Waals surface area contributed by atoms with Crippen molar-refractivity contribution in [2.45, 2.75) is 18.2 Å². The molecule has 2 rings (SSSR count). The second kappa shape index (κ2) is 5.50. The van der Waals surface area contributed by atoms with E-state index in [-0.39, 0.29) is 4.90 Å². The van der Waals surface area contributed by atoms with Crippen LogP contribution in [0.25, 0.3) is 0 Å². The number of hydrogen-bond acceptors (Lipinski definition) is 5. The Kier molecular flexibility index (Phi) is 3.96. The van der Waals surface area contributed by atoms with Crippen LogP contribution in [0, 0.1) is 6.92 Å². The Labute approximate surface area is 112 Å². The first-order valence-electron chi connectivity index (χ1n) is 5.76. The van der Waals surface area contributed by atoms with Gasteiger partial charge in [-0.2, -0.15) is 8.42 Å². The molecule has 6 nitrogen and oxygen atoms in total. The molecule has 0 unspecified atom stereocenters. The topological polar surface area (TPSA) is 74.1 Å². The van der Waals surface area contributed by atoms with Gasteiger partial charge in [-0.25, -0.2) is 0 Å². The van der Waals surface area contributed by atoms with Crippen LogP contribution in [0.15, 0.2) is 35.4 Å². The van der Waals surface area contributed by atoms with Gasteiger partial charge >= 0.3 is 0 Å². The summed E-state index contributed by atoms with van der Waals surface area (Å²) in [5, 5.41) is 7.48. The summed E-state index contributed by atoms with van der Waals surface area (Å²) in [7, 11) is -2.08. The van der Waals surface area contributed by atoms with Gasteiger partial charge < -0.3 is 4.74 Å². The summed E-state index contributed by atoms with van der Waals surface area (Å²) in [6.45, 7) is 2.37. The maximum atomic E-state index is 12.3. The molecule has 102 valence electrons. The molecule has 19 heavy (non-hydrogen) atoms. The first-order chi connectivity index (χ1) is 9.04. The predicted octanol–water partition coefficient (Wildman–Crippen LogP) is 1.01. The summed E-state index contributed by atoms with van der Waals surface area (Å²) in [4.78, 5) is 0.196. The van der Waals surface area contributed by atoms with E-state index in [1.54, 1.807) is 31.4 Å². The second-order valence-electron chi connectivity index (χ2n) is 4.14. The molecule has 0 saturated carbocycles. The average Bonchev–Trinajstić information content (AvgIpc) is 2.86. The highest BCUT2D eigenvalue weighted by Gasteiger charge is 2.18. The highest BCUT2D eigenvalue weighted by Crippen LogP contribution is 2.13. The summed E-state index contributed by atoms with van der Waals surface area (Å²) in [5.74, 6) is 0. The molecule has 0 atom stereocenters. The number of rotatable bonds is 5. The van der Waals surface area contributed by atoms with Crippen LogP contribution in [0.3, 0.4) is 0 Å². The molecule has 1 aromatic carbocycles. The Morgan fingerprint density at radius 3 is 2.58 bits per heavy atom. The SMILES string of the molecule is COCCc1cn(S(=O)(=O)c2ccc(C)cc2)nn1. The van der Waals surface area contributed by atoms with Gasteiger partial charge in [-0.15, -0.1) is 9.19 Å². The van der Waals surface area contributed by atoms with Gasteiger partial charge in [-0.05, 0) is 19.1 Å². The molecule has 0 aliphatic heterocycles. The van der Waals surface area contributed by atoms with E-state index in [0.29, 0.717) is 18.7 Å². The fourth-order valence-corrected chi connectivity index (χ4v) is 2.63. The van der Waals surface area contributed by atoms with Crippen molar-refractivity contribution in [1.82, 2.24) is 14.4 Å². The smallest absolute Gasteiger partial charge is 0.284 e. The summed E-state index contributed by atoms with van der Waals surface area (Å²) < 4.78 is 30.3. The largest absolute Gasteiger partial charge is 0.384 e. The fourth-order valence-electron chi connectivity index (χ4n) is 1.54. The molecule has 7 heteroatoms. The number of methoxy groups -OCH3 is 1. The number of nitrogens with zero attached hydrogens (tertiary/aromatic N) is 3. The lowest BCUT2D eigenvalue weighted by Crippen LogP contribution is -2.13. The van der Waals surface area contributed by atoms with E-state index in [4.69, 9.17) is 4.74 Å². The van der Waals surface area contributed by atoms with Crippen LogP contribution < -0.4 is 0 Å². The predicted molar refractivity (Wildman–Crippen MR) is 69.4 cm³/mol. The minimum atomic E-state index is -3.66. The van der Waals surface area contributed by atoms with Crippen LogP contribution in [-0.2, 0) is 21.2 Å². The zero-order valence-corrected chi connectivity index (χ0v) is 11.6. The van der Waals surface area contributed by atoms with Crippen molar-refractivity contribution in [1.29, 1.82) is 0 Å². The highest BCUT2D eigenvalue weighted by molar-refractivity contribution is 7.89. The zero-order valence-electron chi connectivity index (χ0n) is 10.8. The number of hydrogen-bond donors (Lipinski definition) is 0. The van der Waals surface area contributed by atoms with Crippen molar-refractivity contribution in [3.63, 3.8) is 0 Å². The molecule has 2 aromatic rings. The molecule has 0 saturated heterocycles. The maximum absolute atomic E-state index is 12.3. The molecule has 0 bridgehead atoms. The molecule has 0 radical (unpaired) electrons. The average molecular weight is 281 g/mol. The second-order valence-corrected chi connectivity index (χ2v) is 5.94. The van der Waals surface area contributed by atoms with Crippen molar-refractivity contribution >= 4 is 10.0 Å². The Morgan fingerprint density at radius 1 is 1.26 bits per heavy atom. The van der Waals surface area contributed by atoms with E-state index in [1.165, 1.54) is 6.20 Å². The monoisotopic (exact) mass is 281 g/mol. The summed E-state index contributed by atoms with van der Waals surface area (Å²) in [6.07, 6.45) is 1.94. The molecular weight excluding hydrogens is 266 g/mol. The first-order valence-corrected chi connectivity index (χ1v) is 7.20. The quantitative estimate of drug-likeness (QED) is 0.817.